The summed E-state index contributed by atoms with van der Waals surface area (Å²) in [5.74, 6) is -0.114. The van der Waals surface area contributed by atoms with Gasteiger partial charge in [0.05, 0.1) is 12.3 Å². The third-order valence-electron chi connectivity index (χ3n) is 3.16. The van der Waals surface area contributed by atoms with Crippen LogP contribution < -0.4 is 5.32 Å². The van der Waals surface area contributed by atoms with Crippen LogP contribution in [0, 0.1) is 0 Å². The number of hydrogen-bond donors (Lipinski definition) is 1. The molecule has 0 radical (unpaired) electrons. The van der Waals surface area contributed by atoms with Gasteiger partial charge >= 0.3 is 6.03 Å². The Bertz CT molecular complexity index is 674. The number of nitrogens with one attached hydrogen (secondary N) is 1. The summed E-state index contributed by atoms with van der Waals surface area (Å²) in [6.07, 6.45) is 0. The Kier molecular flexibility index (Phi) is 4.33. The molecule has 0 unspecified atom stereocenters. The van der Waals surface area contributed by atoms with Gasteiger partial charge in [-0.2, -0.15) is 0 Å². The second kappa shape index (κ2) is 6.56. The normalized spacial score (nSPS) is 14.2. The van der Waals surface area contributed by atoms with E-state index >= 15 is 0 Å². The number of imide groups is 1. The van der Waals surface area contributed by atoms with Crippen LogP contribution >= 0.6 is 11.8 Å². The van der Waals surface area contributed by atoms with Crippen molar-refractivity contribution < 1.29 is 9.59 Å². The lowest BCUT2D eigenvalue weighted by molar-refractivity contribution is -0.124. The molecule has 1 aliphatic rings. The van der Waals surface area contributed by atoms with Gasteiger partial charge in [0.2, 0.25) is 11.1 Å². The maximum Gasteiger partial charge on any atom is 0.324 e. The molecular formula is C13H14N6O2S. The van der Waals surface area contributed by atoms with Crippen LogP contribution in [0.5, 0.6) is 0 Å². The molecule has 1 saturated heterocycles. The van der Waals surface area contributed by atoms with Crippen LogP contribution in [0.15, 0.2) is 35.5 Å². The molecule has 0 bridgehead atoms. The van der Waals surface area contributed by atoms with E-state index in [0.29, 0.717) is 24.8 Å². The van der Waals surface area contributed by atoms with Gasteiger partial charge in [-0.3, -0.25) is 9.69 Å². The standard InChI is InChI=1S/C13H14N6O2S/c20-11(18-7-6-14-12(18)21)9-22-13-15-16-17-19(13)8-10-4-2-1-3-5-10/h1-5H,6-9H2,(H,14,21). The van der Waals surface area contributed by atoms with Gasteiger partial charge in [-0.25, -0.2) is 9.48 Å². The predicted octanol–water partition coefficient (Wildman–Crippen LogP) is 0.365. The van der Waals surface area contributed by atoms with E-state index in [4.69, 9.17) is 0 Å². The number of urea groups is 1. The number of nitrogens with zero attached hydrogens (tertiary/aromatic N) is 5. The summed E-state index contributed by atoms with van der Waals surface area (Å²) in [5.41, 5.74) is 1.07. The summed E-state index contributed by atoms with van der Waals surface area (Å²) in [5, 5.41) is 14.7. The van der Waals surface area contributed by atoms with Gasteiger partial charge in [0, 0.05) is 13.1 Å². The first-order valence-electron chi connectivity index (χ1n) is 6.75. The Morgan fingerprint density at radius 1 is 1.32 bits per heavy atom. The van der Waals surface area contributed by atoms with Crippen molar-refractivity contribution in [2.45, 2.75) is 11.7 Å². The highest BCUT2D eigenvalue weighted by Crippen LogP contribution is 2.16. The summed E-state index contributed by atoms with van der Waals surface area (Å²) in [6.45, 7) is 1.45. The molecule has 1 aliphatic heterocycles. The first-order valence-corrected chi connectivity index (χ1v) is 7.73. The van der Waals surface area contributed by atoms with Crippen LogP contribution in [-0.4, -0.2) is 55.9 Å². The Morgan fingerprint density at radius 2 is 2.14 bits per heavy atom. The molecule has 2 heterocycles. The van der Waals surface area contributed by atoms with Crippen LogP contribution in [-0.2, 0) is 11.3 Å². The van der Waals surface area contributed by atoms with E-state index in [1.165, 1.54) is 16.7 Å². The van der Waals surface area contributed by atoms with Crippen molar-refractivity contribution in [3.8, 4) is 0 Å². The average molecular weight is 318 g/mol. The number of aromatic nitrogens is 4. The van der Waals surface area contributed by atoms with Crippen LogP contribution in [0.25, 0.3) is 0 Å². The molecule has 0 aliphatic carbocycles. The van der Waals surface area contributed by atoms with Crippen molar-refractivity contribution in [3.05, 3.63) is 35.9 Å². The highest BCUT2D eigenvalue weighted by atomic mass is 32.2. The van der Waals surface area contributed by atoms with Gasteiger partial charge in [0.15, 0.2) is 0 Å². The Balaban J connectivity index is 1.60. The van der Waals surface area contributed by atoms with Crippen molar-refractivity contribution in [2.75, 3.05) is 18.8 Å². The zero-order valence-electron chi connectivity index (χ0n) is 11.7. The molecule has 1 aromatic heterocycles. The van der Waals surface area contributed by atoms with Crippen molar-refractivity contribution >= 4 is 23.7 Å². The number of thioether (sulfide) groups is 1. The monoisotopic (exact) mass is 318 g/mol. The van der Waals surface area contributed by atoms with E-state index in [0.717, 1.165) is 5.56 Å². The third-order valence-corrected chi connectivity index (χ3v) is 4.10. The lowest BCUT2D eigenvalue weighted by Crippen LogP contribution is -2.35. The zero-order valence-corrected chi connectivity index (χ0v) is 12.5. The molecule has 8 nitrogen and oxygen atoms in total. The summed E-state index contributed by atoms with van der Waals surface area (Å²) in [7, 11) is 0. The lowest BCUT2D eigenvalue weighted by atomic mass is 10.2. The Hall–Kier alpha value is -2.42. The van der Waals surface area contributed by atoms with Gasteiger partial charge in [-0.15, -0.1) is 5.10 Å². The fourth-order valence-electron chi connectivity index (χ4n) is 2.07. The van der Waals surface area contributed by atoms with E-state index in [2.05, 4.69) is 20.8 Å². The minimum Gasteiger partial charge on any atom is -0.336 e. The van der Waals surface area contributed by atoms with Gasteiger partial charge in [0.1, 0.15) is 0 Å². The minimum atomic E-state index is -0.338. The molecule has 9 heteroatoms. The molecule has 114 valence electrons. The SMILES string of the molecule is O=C(CSc1nnnn1Cc1ccccc1)N1CCNC1=O. The fraction of sp³-hybridized carbons (Fsp3) is 0.308. The maximum absolute atomic E-state index is 12.0. The number of tetrazole rings is 1. The molecule has 0 saturated carbocycles. The van der Waals surface area contributed by atoms with E-state index in [-0.39, 0.29) is 17.7 Å². The average Bonchev–Trinajstić information content (AvgIpc) is 3.15. The summed E-state index contributed by atoms with van der Waals surface area (Å²) in [4.78, 5) is 24.6. The van der Waals surface area contributed by atoms with Gasteiger partial charge in [-0.1, -0.05) is 42.1 Å². The molecule has 0 atom stereocenters. The highest BCUT2D eigenvalue weighted by Gasteiger charge is 2.26. The highest BCUT2D eigenvalue weighted by molar-refractivity contribution is 7.99. The second-order valence-electron chi connectivity index (χ2n) is 4.67. The van der Waals surface area contributed by atoms with Crippen molar-refractivity contribution in [1.82, 2.24) is 30.4 Å². The van der Waals surface area contributed by atoms with E-state index in [1.807, 2.05) is 30.3 Å². The number of benzene rings is 1. The molecule has 3 rings (SSSR count). The summed E-state index contributed by atoms with van der Waals surface area (Å²) < 4.78 is 1.64. The molecule has 1 fully saturated rings. The third kappa shape index (κ3) is 3.25. The van der Waals surface area contributed by atoms with E-state index in [9.17, 15) is 9.59 Å². The number of carbonyl (C=O) groups excluding carboxylic acids is 2. The van der Waals surface area contributed by atoms with Crippen LogP contribution in [0.1, 0.15) is 5.56 Å². The topological polar surface area (TPSA) is 93.0 Å². The second-order valence-corrected chi connectivity index (χ2v) is 5.61. The lowest BCUT2D eigenvalue weighted by Gasteiger charge is -2.11. The van der Waals surface area contributed by atoms with Crippen molar-refractivity contribution in [2.24, 2.45) is 0 Å². The predicted molar refractivity (Wildman–Crippen MR) is 79.2 cm³/mol. The largest absolute Gasteiger partial charge is 0.336 e. The minimum absolute atomic E-state index is 0.128. The van der Waals surface area contributed by atoms with Crippen molar-refractivity contribution in [3.63, 3.8) is 0 Å². The molecular weight excluding hydrogens is 304 g/mol. The first-order chi connectivity index (χ1) is 10.7. The van der Waals surface area contributed by atoms with Crippen molar-refractivity contribution in [1.29, 1.82) is 0 Å². The molecule has 1 aromatic carbocycles. The summed E-state index contributed by atoms with van der Waals surface area (Å²) in [6, 6.07) is 9.46. The molecule has 3 amide bonds. The number of carbonyl (C=O) groups is 2. The molecule has 0 spiro atoms. The number of hydrogen-bond acceptors (Lipinski definition) is 6. The molecule has 1 N–H and O–H groups in total. The van der Waals surface area contributed by atoms with E-state index < -0.39 is 0 Å². The number of rotatable bonds is 5. The van der Waals surface area contributed by atoms with Gasteiger partial charge in [-0.05, 0) is 16.0 Å². The van der Waals surface area contributed by atoms with E-state index in [1.54, 1.807) is 4.68 Å². The summed E-state index contributed by atoms with van der Waals surface area (Å²) >= 11 is 1.23. The van der Waals surface area contributed by atoms with Gasteiger partial charge < -0.3 is 5.32 Å². The molecule has 2 aromatic rings. The maximum atomic E-state index is 12.0. The van der Waals surface area contributed by atoms with Crippen LogP contribution in [0.2, 0.25) is 0 Å². The quantitative estimate of drug-likeness (QED) is 0.801. The smallest absolute Gasteiger partial charge is 0.324 e. The Morgan fingerprint density at radius 3 is 2.86 bits per heavy atom. The first kappa shape index (κ1) is 14.5. The van der Waals surface area contributed by atoms with Gasteiger partial charge in [0.25, 0.3) is 0 Å². The number of amides is 3. The zero-order chi connectivity index (χ0) is 15.4. The van der Waals surface area contributed by atoms with Crippen LogP contribution in [0.3, 0.4) is 0 Å². The fourth-order valence-corrected chi connectivity index (χ4v) is 2.82. The molecule has 22 heavy (non-hydrogen) atoms. The Labute approximate surface area is 130 Å². The van der Waals surface area contributed by atoms with Crippen LogP contribution in [0.4, 0.5) is 4.79 Å².